The van der Waals surface area contributed by atoms with Crippen LogP contribution in [0.15, 0.2) is 18.2 Å². The Labute approximate surface area is 115 Å². The quantitative estimate of drug-likeness (QED) is 0.758. The van der Waals surface area contributed by atoms with Crippen LogP contribution in [0.3, 0.4) is 0 Å². The van der Waals surface area contributed by atoms with Crippen molar-refractivity contribution in [3.63, 3.8) is 0 Å². The van der Waals surface area contributed by atoms with E-state index >= 15 is 0 Å². The molecule has 0 radical (unpaired) electrons. The molecule has 0 aromatic heterocycles. The van der Waals surface area contributed by atoms with E-state index in [-0.39, 0.29) is 17.4 Å². The van der Waals surface area contributed by atoms with Crippen LogP contribution in [0.5, 0.6) is 0 Å². The van der Waals surface area contributed by atoms with E-state index in [1.165, 1.54) is 12.1 Å². The second kappa shape index (κ2) is 7.74. The summed E-state index contributed by atoms with van der Waals surface area (Å²) < 4.78 is 12.9. The van der Waals surface area contributed by atoms with Gasteiger partial charge in [0, 0.05) is 18.5 Å². The topological polar surface area (TPSA) is 66.4 Å². The molecule has 0 aliphatic rings. The predicted octanol–water partition coefficient (Wildman–Crippen LogP) is 2.85. The van der Waals surface area contributed by atoms with E-state index in [0.717, 1.165) is 12.5 Å². The molecule has 0 aliphatic carbocycles. The molecule has 0 bridgehead atoms. The summed E-state index contributed by atoms with van der Waals surface area (Å²) in [6, 6.07) is 3.78. The number of aliphatic carboxylic acids is 1. The first kappa shape index (κ1) is 15.4. The Hall–Kier alpha value is -1.62. The van der Waals surface area contributed by atoms with E-state index in [0.29, 0.717) is 24.9 Å². The first-order valence-electron chi connectivity index (χ1n) is 5.95. The minimum Gasteiger partial charge on any atom is -0.481 e. The second-order valence-corrected chi connectivity index (χ2v) is 4.50. The lowest BCUT2D eigenvalue weighted by atomic mass is 10.2. The summed E-state index contributed by atoms with van der Waals surface area (Å²) >= 11 is 5.58. The number of rotatable bonds is 7. The van der Waals surface area contributed by atoms with Gasteiger partial charge >= 0.3 is 5.97 Å². The summed E-state index contributed by atoms with van der Waals surface area (Å²) in [5.41, 5.74) is 0.303. The third-order valence-electron chi connectivity index (χ3n) is 2.53. The van der Waals surface area contributed by atoms with Crippen LogP contribution in [0, 0.1) is 5.82 Å². The highest BCUT2D eigenvalue weighted by atomic mass is 35.5. The summed E-state index contributed by atoms with van der Waals surface area (Å²) in [6.45, 7) is 0.452. The fourth-order valence-corrected chi connectivity index (χ4v) is 1.70. The predicted molar refractivity (Wildman–Crippen MR) is 69.8 cm³/mol. The maximum absolute atomic E-state index is 12.9. The maximum Gasteiger partial charge on any atom is 0.303 e. The zero-order valence-corrected chi connectivity index (χ0v) is 11.0. The van der Waals surface area contributed by atoms with Gasteiger partial charge in [-0.3, -0.25) is 9.59 Å². The zero-order valence-electron chi connectivity index (χ0n) is 10.3. The van der Waals surface area contributed by atoms with Crippen molar-refractivity contribution in [3.8, 4) is 0 Å². The smallest absolute Gasteiger partial charge is 0.303 e. The standard InChI is InChI=1S/C13H15ClFNO3/c14-10-8-9(5-6-11(10)15)13(19)16-7-3-1-2-4-12(17)18/h5-6,8H,1-4,7H2,(H,16,19)(H,17,18). The lowest BCUT2D eigenvalue weighted by Gasteiger charge is -2.05. The molecule has 1 aromatic carbocycles. The van der Waals surface area contributed by atoms with Crippen LogP contribution < -0.4 is 5.32 Å². The number of hydrogen-bond donors (Lipinski definition) is 2. The Morgan fingerprint density at radius 2 is 2.00 bits per heavy atom. The Morgan fingerprint density at radius 1 is 1.26 bits per heavy atom. The molecule has 1 amide bonds. The summed E-state index contributed by atoms with van der Waals surface area (Å²) in [7, 11) is 0. The number of benzene rings is 1. The number of halogens is 2. The molecule has 0 saturated heterocycles. The second-order valence-electron chi connectivity index (χ2n) is 4.09. The van der Waals surface area contributed by atoms with Crippen LogP contribution in [0.4, 0.5) is 4.39 Å². The minimum atomic E-state index is -0.815. The lowest BCUT2D eigenvalue weighted by molar-refractivity contribution is -0.137. The van der Waals surface area contributed by atoms with Gasteiger partial charge in [-0.15, -0.1) is 0 Å². The number of hydrogen-bond acceptors (Lipinski definition) is 2. The van der Waals surface area contributed by atoms with Crippen molar-refractivity contribution >= 4 is 23.5 Å². The average molecular weight is 288 g/mol. The first-order valence-corrected chi connectivity index (χ1v) is 6.33. The van der Waals surface area contributed by atoms with E-state index < -0.39 is 11.8 Å². The number of carbonyl (C=O) groups is 2. The molecule has 0 heterocycles. The van der Waals surface area contributed by atoms with Crippen LogP contribution in [0.25, 0.3) is 0 Å². The molecule has 0 atom stereocenters. The molecule has 19 heavy (non-hydrogen) atoms. The van der Waals surface area contributed by atoms with Gasteiger partial charge in [-0.1, -0.05) is 18.0 Å². The van der Waals surface area contributed by atoms with Crippen molar-refractivity contribution in [1.82, 2.24) is 5.32 Å². The van der Waals surface area contributed by atoms with Crippen LogP contribution in [-0.4, -0.2) is 23.5 Å². The molecular formula is C13H15ClFNO3. The molecule has 104 valence electrons. The third-order valence-corrected chi connectivity index (χ3v) is 2.82. The number of unbranched alkanes of at least 4 members (excludes halogenated alkanes) is 2. The molecule has 0 unspecified atom stereocenters. The van der Waals surface area contributed by atoms with Crippen LogP contribution in [-0.2, 0) is 4.79 Å². The van der Waals surface area contributed by atoms with Gasteiger partial charge in [0.2, 0.25) is 0 Å². The van der Waals surface area contributed by atoms with Crippen molar-refractivity contribution in [2.45, 2.75) is 25.7 Å². The van der Waals surface area contributed by atoms with E-state index in [4.69, 9.17) is 16.7 Å². The Balaban J connectivity index is 2.27. The summed E-state index contributed by atoms with van der Waals surface area (Å²) in [5, 5.41) is 11.0. The molecule has 6 heteroatoms. The highest BCUT2D eigenvalue weighted by Crippen LogP contribution is 2.15. The van der Waals surface area contributed by atoms with Gasteiger partial charge in [0.1, 0.15) is 5.82 Å². The molecule has 0 spiro atoms. The van der Waals surface area contributed by atoms with Gasteiger partial charge in [0.25, 0.3) is 5.91 Å². The molecule has 1 aromatic rings. The average Bonchev–Trinajstić information content (AvgIpc) is 2.36. The maximum atomic E-state index is 12.9. The van der Waals surface area contributed by atoms with Crippen LogP contribution in [0.1, 0.15) is 36.0 Å². The minimum absolute atomic E-state index is 0.0888. The Morgan fingerprint density at radius 3 is 2.63 bits per heavy atom. The summed E-state index contributed by atoms with van der Waals surface area (Å²) in [4.78, 5) is 21.9. The molecule has 1 rings (SSSR count). The van der Waals surface area contributed by atoms with E-state index in [2.05, 4.69) is 5.32 Å². The third kappa shape index (κ3) is 5.70. The van der Waals surface area contributed by atoms with Gasteiger partial charge in [-0.05, 0) is 31.0 Å². The number of nitrogens with one attached hydrogen (secondary N) is 1. The monoisotopic (exact) mass is 287 g/mol. The number of carbonyl (C=O) groups excluding carboxylic acids is 1. The Kier molecular flexibility index (Phi) is 6.29. The Bertz CT molecular complexity index is 465. The van der Waals surface area contributed by atoms with Gasteiger partial charge in [0.15, 0.2) is 0 Å². The zero-order chi connectivity index (χ0) is 14.3. The van der Waals surface area contributed by atoms with E-state index in [9.17, 15) is 14.0 Å². The van der Waals surface area contributed by atoms with Gasteiger partial charge in [0.05, 0.1) is 5.02 Å². The fraction of sp³-hybridized carbons (Fsp3) is 0.385. The summed E-state index contributed by atoms with van der Waals surface area (Å²) in [6.07, 6.45) is 2.17. The van der Waals surface area contributed by atoms with Crippen LogP contribution in [0.2, 0.25) is 5.02 Å². The number of carboxylic acids is 1. The lowest BCUT2D eigenvalue weighted by Crippen LogP contribution is -2.24. The highest BCUT2D eigenvalue weighted by Gasteiger charge is 2.07. The van der Waals surface area contributed by atoms with E-state index in [1.807, 2.05) is 0 Å². The van der Waals surface area contributed by atoms with Crippen molar-refractivity contribution in [1.29, 1.82) is 0 Å². The van der Waals surface area contributed by atoms with Crippen LogP contribution >= 0.6 is 11.6 Å². The highest BCUT2D eigenvalue weighted by molar-refractivity contribution is 6.31. The fourth-order valence-electron chi connectivity index (χ4n) is 1.52. The van der Waals surface area contributed by atoms with E-state index in [1.54, 1.807) is 0 Å². The molecule has 0 aliphatic heterocycles. The first-order chi connectivity index (χ1) is 9.00. The van der Waals surface area contributed by atoms with Gasteiger partial charge < -0.3 is 10.4 Å². The molecular weight excluding hydrogens is 273 g/mol. The normalized spacial score (nSPS) is 10.2. The van der Waals surface area contributed by atoms with Crippen molar-refractivity contribution < 1.29 is 19.1 Å². The molecule has 2 N–H and O–H groups in total. The molecule has 4 nitrogen and oxygen atoms in total. The van der Waals surface area contributed by atoms with Crippen molar-refractivity contribution in [2.75, 3.05) is 6.54 Å². The van der Waals surface area contributed by atoms with Gasteiger partial charge in [-0.25, -0.2) is 4.39 Å². The molecule has 0 fully saturated rings. The summed E-state index contributed by atoms with van der Waals surface area (Å²) in [5.74, 6) is -1.70. The van der Waals surface area contributed by atoms with Crippen molar-refractivity contribution in [2.24, 2.45) is 0 Å². The molecule has 0 saturated carbocycles. The van der Waals surface area contributed by atoms with Crippen molar-refractivity contribution in [3.05, 3.63) is 34.6 Å². The largest absolute Gasteiger partial charge is 0.481 e. The number of amides is 1. The SMILES string of the molecule is O=C(O)CCCCCNC(=O)c1ccc(F)c(Cl)c1. The van der Waals surface area contributed by atoms with Gasteiger partial charge in [-0.2, -0.15) is 0 Å². The number of carboxylic acid groups (broad SMARTS) is 1.